The first-order chi connectivity index (χ1) is 12.0. The van der Waals surface area contributed by atoms with Crippen molar-refractivity contribution in [1.82, 2.24) is 4.90 Å². The van der Waals surface area contributed by atoms with Gasteiger partial charge in [-0.25, -0.2) is 0 Å². The van der Waals surface area contributed by atoms with E-state index in [9.17, 15) is 14.9 Å². The van der Waals surface area contributed by atoms with Crippen LogP contribution in [0.4, 0.5) is 11.4 Å². The number of likely N-dealkylation sites (tertiary alicyclic amines) is 1. The molecule has 1 amide bonds. The summed E-state index contributed by atoms with van der Waals surface area (Å²) < 4.78 is 0. The van der Waals surface area contributed by atoms with Gasteiger partial charge in [-0.3, -0.25) is 14.9 Å². The Bertz CT molecular complexity index is 661. The standard InChI is InChI=1S/C19H27N3O3/c1-14-5-3-9-20(12-14)17-8-7-16(11-18(17)22(24)25)19(23)21-10-4-6-15(2)13-21/h7-8,11,14-15H,3-6,9-10,12-13H2,1-2H3. The number of anilines is 1. The van der Waals surface area contributed by atoms with E-state index in [2.05, 4.69) is 18.7 Å². The topological polar surface area (TPSA) is 66.7 Å². The minimum atomic E-state index is -0.357. The summed E-state index contributed by atoms with van der Waals surface area (Å²) in [6, 6.07) is 4.98. The molecule has 3 rings (SSSR count). The van der Waals surface area contributed by atoms with Gasteiger partial charge in [-0.05, 0) is 49.7 Å². The van der Waals surface area contributed by atoms with Crippen molar-refractivity contribution in [3.05, 3.63) is 33.9 Å². The molecule has 2 fully saturated rings. The van der Waals surface area contributed by atoms with Crippen molar-refractivity contribution in [2.24, 2.45) is 11.8 Å². The molecule has 0 saturated carbocycles. The van der Waals surface area contributed by atoms with E-state index in [0.717, 1.165) is 51.9 Å². The van der Waals surface area contributed by atoms with E-state index in [4.69, 9.17) is 0 Å². The fourth-order valence-electron chi connectivity index (χ4n) is 4.03. The Labute approximate surface area is 148 Å². The Morgan fingerprint density at radius 2 is 1.80 bits per heavy atom. The van der Waals surface area contributed by atoms with Crippen LogP contribution in [0.5, 0.6) is 0 Å². The lowest BCUT2D eigenvalue weighted by Crippen LogP contribution is -2.39. The van der Waals surface area contributed by atoms with Crippen LogP contribution < -0.4 is 4.90 Å². The Kier molecular flexibility index (Phi) is 5.25. The molecular weight excluding hydrogens is 318 g/mol. The van der Waals surface area contributed by atoms with E-state index in [1.54, 1.807) is 12.1 Å². The molecule has 0 radical (unpaired) electrons. The molecule has 2 atom stereocenters. The number of nitro groups is 1. The molecule has 25 heavy (non-hydrogen) atoms. The molecule has 2 heterocycles. The fourth-order valence-corrected chi connectivity index (χ4v) is 4.03. The molecule has 0 N–H and O–H groups in total. The first kappa shape index (κ1) is 17.7. The van der Waals surface area contributed by atoms with Gasteiger partial charge in [0.2, 0.25) is 0 Å². The molecule has 2 aliphatic rings. The lowest BCUT2D eigenvalue weighted by molar-refractivity contribution is -0.384. The maximum absolute atomic E-state index is 12.7. The van der Waals surface area contributed by atoms with Gasteiger partial charge in [-0.1, -0.05) is 13.8 Å². The van der Waals surface area contributed by atoms with E-state index in [0.29, 0.717) is 23.1 Å². The number of nitrogens with zero attached hydrogens (tertiary/aromatic N) is 3. The second-order valence-corrected chi connectivity index (χ2v) is 7.65. The Morgan fingerprint density at radius 3 is 2.44 bits per heavy atom. The molecule has 0 aromatic heterocycles. The molecule has 0 spiro atoms. The SMILES string of the molecule is CC1CCCN(C(=O)c2ccc(N3CCCC(C)C3)c([N+](=O)[O-])c2)C1. The highest BCUT2D eigenvalue weighted by atomic mass is 16.6. The van der Waals surface area contributed by atoms with E-state index in [1.165, 1.54) is 6.07 Å². The Balaban J connectivity index is 1.86. The number of rotatable bonds is 3. The third-order valence-electron chi connectivity index (χ3n) is 5.36. The first-order valence-corrected chi connectivity index (χ1v) is 9.28. The number of benzene rings is 1. The fraction of sp³-hybridized carbons (Fsp3) is 0.632. The van der Waals surface area contributed by atoms with Gasteiger partial charge in [0, 0.05) is 37.8 Å². The lowest BCUT2D eigenvalue weighted by Gasteiger charge is -2.33. The molecule has 1 aromatic rings. The minimum Gasteiger partial charge on any atom is -0.366 e. The number of hydrogen-bond donors (Lipinski definition) is 0. The van der Waals surface area contributed by atoms with E-state index >= 15 is 0 Å². The van der Waals surface area contributed by atoms with Crippen LogP contribution in [0.3, 0.4) is 0 Å². The molecule has 6 heteroatoms. The van der Waals surface area contributed by atoms with Crippen LogP contribution in [0.15, 0.2) is 18.2 Å². The predicted octanol–water partition coefficient (Wildman–Crippen LogP) is 3.70. The number of amides is 1. The van der Waals surface area contributed by atoms with Gasteiger partial charge >= 0.3 is 0 Å². The highest BCUT2D eigenvalue weighted by molar-refractivity contribution is 5.96. The number of carbonyl (C=O) groups is 1. The second kappa shape index (κ2) is 7.42. The van der Waals surface area contributed by atoms with Gasteiger partial charge in [0.1, 0.15) is 5.69 Å². The molecule has 1 aromatic carbocycles. The maximum Gasteiger partial charge on any atom is 0.293 e. The van der Waals surface area contributed by atoms with Crippen molar-refractivity contribution >= 4 is 17.3 Å². The van der Waals surface area contributed by atoms with Crippen LogP contribution >= 0.6 is 0 Å². The van der Waals surface area contributed by atoms with Crippen LogP contribution in [-0.2, 0) is 0 Å². The number of carbonyl (C=O) groups excluding carboxylic acids is 1. The van der Waals surface area contributed by atoms with Gasteiger partial charge in [0.15, 0.2) is 0 Å². The molecule has 136 valence electrons. The number of nitro benzene ring substituents is 1. The predicted molar refractivity (Wildman–Crippen MR) is 98.0 cm³/mol. The molecule has 2 aliphatic heterocycles. The zero-order valence-corrected chi connectivity index (χ0v) is 15.1. The molecule has 2 unspecified atom stereocenters. The van der Waals surface area contributed by atoms with E-state index in [1.807, 2.05) is 4.90 Å². The third kappa shape index (κ3) is 3.94. The number of piperidine rings is 2. The Morgan fingerprint density at radius 1 is 1.12 bits per heavy atom. The second-order valence-electron chi connectivity index (χ2n) is 7.65. The largest absolute Gasteiger partial charge is 0.366 e. The van der Waals surface area contributed by atoms with Crippen LogP contribution in [0, 0.1) is 22.0 Å². The summed E-state index contributed by atoms with van der Waals surface area (Å²) in [5.74, 6) is 0.930. The molecule has 0 bridgehead atoms. The summed E-state index contributed by atoms with van der Waals surface area (Å²) in [6.07, 6.45) is 4.34. The monoisotopic (exact) mass is 345 g/mol. The van der Waals surface area contributed by atoms with Crippen molar-refractivity contribution in [1.29, 1.82) is 0 Å². The van der Waals surface area contributed by atoms with Gasteiger partial charge < -0.3 is 9.80 Å². The van der Waals surface area contributed by atoms with E-state index in [-0.39, 0.29) is 16.5 Å². The minimum absolute atomic E-state index is 0.0463. The average Bonchev–Trinajstić information content (AvgIpc) is 2.60. The Hall–Kier alpha value is -2.11. The molecule has 2 saturated heterocycles. The van der Waals surface area contributed by atoms with Crippen molar-refractivity contribution < 1.29 is 9.72 Å². The first-order valence-electron chi connectivity index (χ1n) is 9.28. The quantitative estimate of drug-likeness (QED) is 0.619. The van der Waals surface area contributed by atoms with Crippen LogP contribution in [0.1, 0.15) is 49.9 Å². The van der Waals surface area contributed by atoms with Gasteiger partial charge in [-0.15, -0.1) is 0 Å². The molecule has 0 aliphatic carbocycles. The zero-order chi connectivity index (χ0) is 18.0. The van der Waals surface area contributed by atoms with Crippen molar-refractivity contribution in [3.8, 4) is 0 Å². The summed E-state index contributed by atoms with van der Waals surface area (Å²) in [5.41, 5.74) is 1.11. The average molecular weight is 345 g/mol. The van der Waals surface area contributed by atoms with E-state index < -0.39 is 0 Å². The van der Waals surface area contributed by atoms with Crippen molar-refractivity contribution in [2.45, 2.75) is 39.5 Å². The van der Waals surface area contributed by atoms with Crippen molar-refractivity contribution in [2.75, 3.05) is 31.1 Å². The summed E-state index contributed by atoms with van der Waals surface area (Å²) in [6.45, 7) is 7.45. The summed E-state index contributed by atoms with van der Waals surface area (Å²) in [4.78, 5) is 27.9. The van der Waals surface area contributed by atoms with Crippen LogP contribution in [0.25, 0.3) is 0 Å². The summed E-state index contributed by atoms with van der Waals surface area (Å²) in [5, 5.41) is 11.6. The van der Waals surface area contributed by atoms with Gasteiger partial charge in [-0.2, -0.15) is 0 Å². The highest BCUT2D eigenvalue weighted by Crippen LogP contribution is 2.33. The maximum atomic E-state index is 12.7. The van der Waals surface area contributed by atoms with Gasteiger partial charge in [0.05, 0.1) is 4.92 Å². The number of hydrogen-bond acceptors (Lipinski definition) is 4. The lowest BCUT2D eigenvalue weighted by atomic mass is 9.98. The van der Waals surface area contributed by atoms with Gasteiger partial charge in [0.25, 0.3) is 11.6 Å². The summed E-state index contributed by atoms with van der Waals surface area (Å²) in [7, 11) is 0. The highest BCUT2D eigenvalue weighted by Gasteiger charge is 2.27. The summed E-state index contributed by atoms with van der Waals surface area (Å²) >= 11 is 0. The van der Waals surface area contributed by atoms with Crippen molar-refractivity contribution in [3.63, 3.8) is 0 Å². The molecular formula is C19H27N3O3. The smallest absolute Gasteiger partial charge is 0.293 e. The molecule has 6 nitrogen and oxygen atoms in total. The van der Waals surface area contributed by atoms with Crippen LogP contribution in [0.2, 0.25) is 0 Å². The third-order valence-corrected chi connectivity index (χ3v) is 5.36. The van der Waals surface area contributed by atoms with Crippen LogP contribution in [-0.4, -0.2) is 41.9 Å². The zero-order valence-electron chi connectivity index (χ0n) is 15.1. The normalized spacial score (nSPS) is 24.2.